The first-order chi connectivity index (χ1) is 31.6. The van der Waals surface area contributed by atoms with E-state index < -0.39 is 0 Å². The molecule has 9 aromatic carbocycles. The first-order valence-electron chi connectivity index (χ1n) is 22.3. The summed E-state index contributed by atoms with van der Waals surface area (Å²) < 4.78 is 1.34. The molecule has 0 amide bonds. The quantitative estimate of drug-likeness (QED) is 0.140. The van der Waals surface area contributed by atoms with Gasteiger partial charge in [0.25, 0.3) is 0 Å². The number of hydrogen-bond acceptors (Lipinski definition) is 2. The van der Waals surface area contributed by atoms with Crippen molar-refractivity contribution < 1.29 is 0 Å². The van der Waals surface area contributed by atoms with Gasteiger partial charge in [-0.15, -0.1) is 11.3 Å². The third-order valence-electron chi connectivity index (χ3n) is 12.9. The Morgan fingerprint density at radius 1 is 0.391 bits per heavy atom. The molecule has 0 bridgehead atoms. The highest BCUT2D eigenvalue weighted by Gasteiger charge is 2.22. The molecule has 1 nitrogen and oxygen atoms in total. The second-order valence-corrected chi connectivity index (χ2v) is 18.0. The van der Waals surface area contributed by atoms with Crippen molar-refractivity contribution in [1.82, 2.24) is 0 Å². The average molecular weight is 838 g/mol. The summed E-state index contributed by atoms with van der Waals surface area (Å²) in [6, 6.07) is 78.2. The topological polar surface area (TPSA) is 3.24 Å². The lowest BCUT2D eigenvalue weighted by Gasteiger charge is -2.29. The molecule has 306 valence electrons. The predicted molar refractivity (Wildman–Crippen MR) is 276 cm³/mol. The normalized spacial score (nSPS) is 12.0. The van der Waals surface area contributed by atoms with Crippen molar-refractivity contribution in [2.45, 2.75) is 26.7 Å². The van der Waals surface area contributed by atoms with E-state index in [0.29, 0.717) is 0 Å². The summed E-state index contributed by atoms with van der Waals surface area (Å²) in [5.41, 5.74) is 21.9. The van der Waals surface area contributed by atoms with Gasteiger partial charge in [-0.3, -0.25) is 0 Å². The largest absolute Gasteiger partial charge is 0.310 e. The molecule has 0 N–H and O–H groups in total. The Labute approximate surface area is 380 Å². The summed E-state index contributed by atoms with van der Waals surface area (Å²) >= 11 is 1.91. The number of allylic oxidation sites excluding steroid dienone is 1. The first kappa shape index (κ1) is 39.3. The molecule has 0 spiro atoms. The Hall–Kier alpha value is -7.52. The summed E-state index contributed by atoms with van der Waals surface area (Å²) in [5.74, 6) is 0. The molecular weight excluding hydrogens is 791 g/mol. The number of para-hydroxylation sites is 1. The van der Waals surface area contributed by atoms with Gasteiger partial charge in [0.05, 0.1) is 5.69 Å². The monoisotopic (exact) mass is 837 g/mol. The van der Waals surface area contributed by atoms with Gasteiger partial charge >= 0.3 is 0 Å². The third kappa shape index (κ3) is 7.46. The van der Waals surface area contributed by atoms with Crippen LogP contribution in [0.15, 0.2) is 218 Å². The highest BCUT2D eigenvalue weighted by molar-refractivity contribution is 7.20. The number of rotatable bonds is 9. The Balaban J connectivity index is 1.09. The van der Waals surface area contributed by atoms with Crippen LogP contribution in [0.5, 0.6) is 0 Å². The molecule has 1 aliphatic rings. The van der Waals surface area contributed by atoms with Gasteiger partial charge in [-0.2, -0.15) is 0 Å². The van der Waals surface area contributed by atoms with Crippen LogP contribution in [-0.4, -0.2) is 0 Å². The number of thiophene rings is 1. The molecule has 1 heterocycles. The van der Waals surface area contributed by atoms with Crippen molar-refractivity contribution in [2.24, 2.45) is 0 Å². The zero-order valence-electron chi connectivity index (χ0n) is 36.1. The van der Waals surface area contributed by atoms with Crippen LogP contribution in [0.1, 0.15) is 28.0 Å². The van der Waals surface area contributed by atoms with Crippen LogP contribution in [0.25, 0.3) is 82.9 Å². The van der Waals surface area contributed by atoms with E-state index in [1.165, 1.54) is 98.4 Å². The van der Waals surface area contributed by atoms with Gasteiger partial charge in [0, 0.05) is 26.5 Å². The van der Waals surface area contributed by atoms with Crippen LogP contribution in [0.4, 0.5) is 17.1 Å². The molecule has 0 saturated carbocycles. The molecule has 1 aliphatic carbocycles. The van der Waals surface area contributed by atoms with E-state index >= 15 is 0 Å². The van der Waals surface area contributed by atoms with Gasteiger partial charge < -0.3 is 4.90 Å². The molecule has 0 aliphatic heterocycles. The number of hydrogen-bond donors (Lipinski definition) is 0. The first-order valence-corrected chi connectivity index (χ1v) is 23.1. The summed E-state index contributed by atoms with van der Waals surface area (Å²) in [6.07, 6.45) is 6.79. The lowest BCUT2D eigenvalue weighted by atomic mass is 9.87. The van der Waals surface area contributed by atoms with E-state index in [1.54, 1.807) is 0 Å². The maximum absolute atomic E-state index is 2.47. The van der Waals surface area contributed by atoms with Crippen LogP contribution < -0.4 is 4.90 Å². The Morgan fingerprint density at radius 3 is 1.64 bits per heavy atom. The minimum Gasteiger partial charge on any atom is -0.310 e. The van der Waals surface area contributed by atoms with Crippen molar-refractivity contribution in [3.8, 4) is 66.8 Å². The van der Waals surface area contributed by atoms with E-state index in [9.17, 15) is 0 Å². The third-order valence-corrected chi connectivity index (χ3v) is 14.1. The van der Waals surface area contributed by atoms with Gasteiger partial charge in [-0.1, -0.05) is 176 Å². The molecular formula is C62H47NS. The average Bonchev–Trinajstić information content (AvgIpc) is 3.73. The second-order valence-electron chi connectivity index (χ2n) is 16.9. The number of fused-ring (bicyclic) bond motifs is 3. The van der Waals surface area contributed by atoms with E-state index in [1.807, 2.05) is 11.3 Å². The fraction of sp³-hybridized carbons (Fsp3) is 0.0645. The summed E-state index contributed by atoms with van der Waals surface area (Å²) in [4.78, 5) is 3.86. The van der Waals surface area contributed by atoms with Crippen molar-refractivity contribution >= 4 is 44.6 Å². The van der Waals surface area contributed by atoms with Crippen LogP contribution in [-0.2, 0) is 6.42 Å². The predicted octanol–water partition coefficient (Wildman–Crippen LogP) is 17.9. The molecule has 64 heavy (non-hydrogen) atoms. The number of nitrogens with zero attached hydrogens (tertiary/aromatic N) is 1. The van der Waals surface area contributed by atoms with Crippen LogP contribution in [0, 0.1) is 13.8 Å². The van der Waals surface area contributed by atoms with E-state index in [0.717, 1.165) is 29.9 Å². The minimum atomic E-state index is 1.07. The summed E-state index contributed by atoms with van der Waals surface area (Å²) in [7, 11) is 0. The lowest BCUT2D eigenvalue weighted by molar-refractivity contribution is 1.01. The zero-order chi connectivity index (χ0) is 43.0. The zero-order valence-corrected chi connectivity index (χ0v) is 36.9. The van der Waals surface area contributed by atoms with Gasteiger partial charge in [0.1, 0.15) is 0 Å². The number of anilines is 3. The maximum atomic E-state index is 2.47. The van der Waals surface area contributed by atoms with Gasteiger partial charge in [0.15, 0.2) is 0 Å². The molecule has 1 aromatic heterocycles. The second kappa shape index (κ2) is 17.0. The van der Waals surface area contributed by atoms with E-state index in [4.69, 9.17) is 0 Å². The Bertz CT molecular complexity index is 3320. The van der Waals surface area contributed by atoms with E-state index in [-0.39, 0.29) is 0 Å². The fourth-order valence-corrected chi connectivity index (χ4v) is 10.7. The SMILES string of the molecule is Cc1ccccc1-c1ccc(-c2cc(-c3ccc(-c4ccccc4)cc3)ccc2-c2ccccc2N(c2ccc(-c3ccccc3)cc2)c2ccc3sc4c(c3c2)CCC=C4)cc1C. The maximum Gasteiger partial charge on any atom is 0.0540 e. The molecule has 10 aromatic rings. The summed E-state index contributed by atoms with van der Waals surface area (Å²) in [6.45, 7) is 4.45. The standard InChI is InChI=1S/C62H47NS/c1-42-15-9-10-20-53(42)54-36-32-50(39-43(54)2)58-40-49(48-27-25-46(26-28-48)44-16-5-3-6-17-44)31-37-55(58)56-21-11-13-23-60(56)63(51-33-29-47(30-34-51)45-18-7-4-8-19-45)52-35-38-62-59(41-52)57-22-12-14-24-61(57)64-62/h3-11,13-21,23-41H,12,22H2,1-2H3. The number of aryl methyl sites for hydroxylation is 3. The van der Waals surface area contributed by atoms with Crippen molar-refractivity contribution in [3.05, 3.63) is 240 Å². The van der Waals surface area contributed by atoms with Crippen molar-refractivity contribution in [2.75, 3.05) is 4.90 Å². The molecule has 0 radical (unpaired) electrons. The minimum absolute atomic E-state index is 1.07. The molecule has 0 saturated heterocycles. The van der Waals surface area contributed by atoms with Crippen LogP contribution in [0.2, 0.25) is 0 Å². The Morgan fingerprint density at radius 2 is 0.938 bits per heavy atom. The Kier molecular flexibility index (Phi) is 10.4. The fourth-order valence-electron chi connectivity index (χ4n) is 9.55. The molecule has 2 heteroatoms. The molecule has 0 unspecified atom stereocenters. The van der Waals surface area contributed by atoms with Crippen LogP contribution >= 0.6 is 11.3 Å². The molecule has 0 atom stereocenters. The highest BCUT2D eigenvalue weighted by Crippen LogP contribution is 2.47. The van der Waals surface area contributed by atoms with Crippen LogP contribution in [0.3, 0.4) is 0 Å². The molecule has 0 fully saturated rings. The number of benzene rings is 9. The smallest absolute Gasteiger partial charge is 0.0540 e. The summed E-state index contributed by atoms with van der Waals surface area (Å²) in [5, 5.41) is 1.36. The molecule has 11 rings (SSSR count). The van der Waals surface area contributed by atoms with Gasteiger partial charge in [-0.25, -0.2) is 0 Å². The van der Waals surface area contributed by atoms with Crippen molar-refractivity contribution in [1.29, 1.82) is 0 Å². The highest BCUT2D eigenvalue weighted by atomic mass is 32.1. The lowest BCUT2D eigenvalue weighted by Crippen LogP contribution is -2.11. The van der Waals surface area contributed by atoms with E-state index in [2.05, 4.69) is 243 Å². The van der Waals surface area contributed by atoms with Crippen molar-refractivity contribution in [3.63, 3.8) is 0 Å². The van der Waals surface area contributed by atoms with Gasteiger partial charge in [0.2, 0.25) is 0 Å². The van der Waals surface area contributed by atoms with Gasteiger partial charge in [-0.05, 0) is 159 Å².